The fraction of sp³-hybridized carbons (Fsp3) is 0.357. The summed E-state index contributed by atoms with van der Waals surface area (Å²) in [4.78, 5) is 18.8. The molecule has 1 aromatic carbocycles. The van der Waals surface area contributed by atoms with Gasteiger partial charge in [-0.2, -0.15) is 11.3 Å². The Kier molecular flexibility index (Phi) is 6.62. The Hall–Kier alpha value is -3.52. The van der Waals surface area contributed by atoms with Crippen molar-refractivity contribution in [3.63, 3.8) is 0 Å². The highest BCUT2D eigenvalue weighted by atomic mass is 32.1. The van der Waals surface area contributed by atoms with Gasteiger partial charge >= 0.3 is 6.09 Å². The van der Waals surface area contributed by atoms with Gasteiger partial charge in [0.1, 0.15) is 17.2 Å². The smallest absolute Gasteiger partial charge is 0.410 e. The number of amides is 1. The van der Waals surface area contributed by atoms with E-state index < -0.39 is 5.60 Å². The van der Waals surface area contributed by atoms with Crippen molar-refractivity contribution in [2.45, 2.75) is 45.3 Å². The molecule has 1 amide bonds. The summed E-state index contributed by atoms with van der Waals surface area (Å²) < 4.78 is 11.1. The zero-order valence-electron chi connectivity index (χ0n) is 21.1. The highest BCUT2D eigenvalue weighted by molar-refractivity contribution is 7.08. The standard InChI is InChI=1S/C28H32N4O3S/c1-28(2,3)35-27(33)32-12-8-18(9-13-32)24-16-22-23(7-11-29-26(22)31-24)30-20-5-6-25(34-4)21(15-20)19-10-14-36-17-19/h5-8,10-11,14-15,17,24H,9,12-13,16H2,1-4H3,(H2,29,30,31). The quantitative estimate of drug-likeness (QED) is 0.388. The normalized spacial score (nSPS) is 17.2. The monoisotopic (exact) mass is 504 g/mol. The van der Waals surface area contributed by atoms with Gasteiger partial charge in [-0.15, -0.1) is 0 Å². The van der Waals surface area contributed by atoms with Crippen LogP contribution in [0, 0.1) is 0 Å². The Labute approximate surface area is 216 Å². The topological polar surface area (TPSA) is 75.7 Å². The maximum absolute atomic E-state index is 12.4. The number of thiophene rings is 1. The number of aromatic nitrogens is 1. The van der Waals surface area contributed by atoms with Crippen LogP contribution >= 0.6 is 11.3 Å². The van der Waals surface area contributed by atoms with Gasteiger partial charge in [-0.25, -0.2) is 9.78 Å². The number of hydrogen-bond donors (Lipinski definition) is 2. The molecular formula is C28H32N4O3S. The van der Waals surface area contributed by atoms with Crippen molar-refractivity contribution in [2.24, 2.45) is 0 Å². The molecule has 4 heterocycles. The average molecular weight is 505 g/mol. The fourth-order valence-electron chi connectivity index (χ4n) is 4.66. The second-order valence-electron chi connectivity index (χ2n) is 10.1. The first-order valence-corrected chi connectivity index (χ1v) is 13.1. The van der Waals surface area contributed by atoms with E-state index >= 15 is 0 Å². The van der Waals surface area contributed by atoms with E-state index in [9.17, 15) is 4.79 Å². The van der Waals surface area contributed by atoms with Crippen molar-refractivity contribution < 1.29 is 14.3 Å². The Morgan fingerprint density at radius 2 is 2.11 bits per heavy atom. The van der Waals surface area contributed by atoms with Gasteiger partial charge in [-0.05, 0) is 79.4 Å². The SMILES string of the molecule is COc1ccc(Nc2ccnc3c2CC(C2=CCN(C(=O)OC(C)(C)C)CC2)N3)cc1-c1ccsc1. The number of methoxy groups -OCH3 is 1. The number of ether oxygens (including phenoxy) is 2. The first kappa shape index (κ1) is 24.2. The molecule has 0 saturated heterocycles. The number of carbonyl (C=O) groups excluding carboxylic acids is 1. The number of benzene rings is 1. The highest BCUT2D eigenvalue weighted by Crippen LogP contribution is 2.38. The van der Waals surface area contributed by atoms with Gasteiger partial charge in [-0.3, -0.25) is 0 Å². The molecule has 36 heavy (non-hydrogen) atoms. The predicted molar refractivity (Wildman–Crippen MR) is 145 cm³/mol. The summed E-state index contributed by atoms with van der Waals surface area (Å²) in [7, 11) is 1.70. The summed E-state index contributed by atoms with van der Waals surface area (Å²) >= 11 is 1.67. The number of rotatable bonds is 5. The third kappa shape index (κ3) is 5.18. The number of pyridine rings is 1. The van der Waals surface area contributed by atoms with Crippen LogP contribution in [0.4, 0.5) is 22.0 Å². The van der Waals surface area contributed by atoms with Crippen molar-refractivity contribution in [2.75, 3.05) is 30.8 Å². The Morgan fingerprint density at radius 3 is 2.81 bits per heavy atom. The van der Waals surface area contributed by atoms with Gasteiger partial charge in [-0.1, -0.05) is 6.08 Å². The molecule has 0 saturated carbocycles. The van der Waals surface area contributed by atoms with Crippen LogP contribution in [0.15, 0.2) is 58.9 Å². The fourth-order valence-corrected chi connectivity index (χ4v) is 5.32. The minimum Gasteiger partial charge on any atom is -0.496 e. The lowest BCUT2D eigenvalue weighted by atomic mass is 9.97. The van der Waals surface area contributed by atoms with E-state index in [-0.39, 0.29) is 12.1 Å². The Bertz CT molecular complexity index is 1280. The first-order valence-electron chi connectivity index (χ1n) is 12.2. The number of hydrogen-bond acceptors (Lipinski definition) is 7. The minimum atomic E-state index is -0.487. The second kappa shape index (κ2) is 9.85. The van der Waals surface area contributed by atoms with Gasteiger partial charge in [0.05, 0.1) is 13.2 Å². The number of fused-ring (bicyclic) bond motifs is 1. The van der Waals surface area contributed by atoms with Gasteiger partial charge in [0.2, 0.25) is 0 Å². The molecule has 0 radical (unpaired) electrons. The number of carbonyl (C=O) groups is 1. The Morgan fingerprint density at radius 1 is 1.25 bits per heavy atom. The van der Waals surface area contributed by atoms with E-state index in [0.29, 0.717) is 13.1 Å². The zero-order chi connectivity index (χ0) is 25.3. The molecule has 7 nitrogen and oxygen atoms in total. The van der Waals surface area contributed by atoms with Crippen LogP contribution in [-0.2, 0) is 11.2 Å². The van der Waals surface area contributed by atoms with Crippen molar-refractivity contribution >= 4 is 34.6 Å². The molecule has 1 unspecified atom stereocenters. The van der Waals surface area contributed by atoms with Crippen LogP contribution in [0.5, 0.6) is 5.75 Å². The number of anilines is 3. The van der Waals surface area contributed by atoms with E-state index in [1.165, 1.54) is 11.1 Å². The van der Waals surface area contributed by atoms with Crippen LogP contribution in [0.3, 0.4) is 0 Å². The molecule has 3 aromatic rings. The van der Waals surface area contributed by atoms with Crippen molar-refractivity contribution in [1.29, 1.82) is 0 Å². The Balaban J connectivity index is 1.30. The molecule has 188 valence electrons. The lowest BCUT2D eigenvalue weighted by Crippen LogP contribution is -2.40. The highest BCUT2D eigenvalue weighted by Gasteiger charge is 2.30. The molecule has 2 aromatic heterocycles. The molecule has 2 N–H and O–H groups in total. The molecule has 0 bridgehead atoms. The van der Waals surface area contributed by atoms with E-state index in [1.807, 2.05) is 45.2 Å². The zero-order valence-corrected chi connectivity index (χ0v) is 21.9. The van der Waals surface area contributed by atoms with E-state index in [2.05, 4.69) is 44.6 Å². The predicted octanol–water partition coefficient (Wildman–Crippen LogP) is 6.47. The molecule has 2 aliphatic heterocycles. The minimum absolute atomic E-state index is 0.175. The van der Waals surface area contributed by atoms with Crippen LogP contribution in [-0.4, -0.2) is 47.8 Å². The lowest BCUT2D eigenvalue weighted by Gasteiger charge is -2.31. The summed E-state index contributed by atoms with van der Waals surface area (Å²) in [6.07, 6.45) is 5.39. The number of nitrogens with zero attached hydrogens (tertiary/aromatic N) is 2. The van der Waals surface area contributed by atoms with Gasteiger partial charge in [0.25, 0.3) is 0 Å². The molecular weight excluding hydrogens is 472 g/mol. The summed E-state index contributed by atoms with van der Waals surface area (Å²) in [5, 5.41) is 11.4. The molecule has 0 fully saturated rings. The third-order valence-corrected chi connectivity index (χ3v) is 7.11. The summed E-state index contributed by atoms with van der Waals surface area (Å²) in [6.45, 7) is 6.90. The van der Waals surface area contributed by atoms with Gasteiger partial charge in [0, 0.05) is 48.2 Å². The second-order valence-corrected chi connectivity index (χ2v) is 10.9. The van der Waals surface area contributed by atoms with E-state index in [1.54, 1.807) is 23.3 Å². The molecule has 0 aliphatic carbocycles. The maximum Gasteiger partial charge on any atom is 0.410 e. The maximum atomic E-state index is 12.4. The molecule has 5 rings (SSSR count). The molecule has 0 spiro atoms. The van der Waals surface area contributed by atoms with Crippen molar-refractivity contribution in [1.82, 2.24) is 9.88 Å². The van der Waals surface area contributed by atoms with E-state index in [4.69, 9.17) is 9.47 Å². The third-order valence-electron chi connectivity index (χ3n) is 6.43. The summed E-state index contributed by atoms with van der Waals surface area (Å²) in [6, 6.07) is 10.5. The summed E-state index contributed by atoms with van der Waals surface area (Å²) in [5.74, 6) is 1.76. The first-order chi connectivity index (χ1) is 17.3. The molecule has 1 atom stereocenters. The summed E-state index contributed by atoms with van der Waals surface area (Å²) in [5.41, 5.74) is 6.24. The van der Waals surface area contributed by atoms with Crippen LogP contribution in [0.1, 0.15) is 32.8 Å². The molecule has 2 aliphatic rings. The number of nitrogens with one attached hydrogen (secondary N) is 2. The van der Waals surface area contributed by atoms with Gasteiger partial charge < -0.3 is 25.0 Å². The van der Waals surface area contributed by atoms with Crippen LogP contribution in [0.25, 0.3) is 11.1 Å². The van der Waals surface area contributed by atoms with Crippen molar-refractivity contribution in [3.8, 4) is 16.9 Å². The van der Waals surface area contributed by atoms with E-state index in [0.717, 1.165) is 46.9 Å². The van der Waals surface area contributed by atoms with Crippen LogP contribution in [0.2, 0.25) is 0 Å². The van der Waals surface area contributed by atoms with Crippen molar-refractivity contribution in [3.05, 3.63) is 64.5 Å². The largest absolute Gasteiger partial charge is 0.496 e. The average Bonchev–Trinajstić information content (AvgIpc) is 3.54. The van der Waals surface area contributed by atoms with Gasteiger partial charge in [0.15, 0.2) is 0 Å². The lowest BCUT2D eigenvalue weighted by molar-refractivity contribution is 0.0265. The molecule has 8 heteroatoms. The van der Waals surface area contributed by atoms with Crippen LogP contribution < -0.4 is 15.4 Å².